The Bertz CT molecular complexity index is 839. The number of benzene rings is 2. The number of nitrogens with one attached hydrogen (secondary N) is 2. The summed E-state index contributed by atoms with van der Waals surface area (Å²) in [7, 11) is -4.41. The number of sulfonamides is 1. The van der Waals surface area contributed by atoms with Crippen molar-refractivity contribution in [3.8, 4) is 0 Å². The lowest BCUT2D eigenvalue weighted by Crippen LogP contribution is -2.26. The van der Waals surface area contributed by atoms with Gasteiger partial charge in [-0.15, -0.1) is 0 Å². The van der Waals surface area contributed by atoms with Gasteiger partial charge >= 0.3 is 0 Å². The summed E-state index contributed by atoms with van der Waals surface area (Å²) in [5.41, 5.74) is 0.995. The van der Waals surface area contributed by atoms with E-state index in [0.717, 1.165) is 18.2 Å². The Balaban J connectivity index is 2.20. The van der Waals surface area contributed by atoms with E-state index in [4.69, 9.17) is 0 Å². The van der Waals surface area contributed by atoms with Crippen LogP contribution in [0.25, 0.3) is 0 Å². The zero-order valence-electron chi connectivity index (χ0n) is 12.2. The van der Waals surface area contributed by atoms with E-state index in [1.54, 1.807) is 24.3 Å². The maximum Gasteiger partial charge on any atom is 0.246 e. The van der Waals surface area contributed by atoms with Gasteiger partial charge in [0.2, 0.25) is 10.0 Å². The van der Waals surface area contributed by atoms with Crippen LogP contribution in [-0.2, 0) is 34.4 Å². The molecular weight excluding hydrogens is 362 g/mol. The molecule has 0 saturated heterocycles. The largest absolute Gasteiger partial charge is 0.760 e. The van der Waals surface area contributed by atoms with Crippen LogP contribution in [0, 0.1) is 11.6 Å². The van der Waals surface area contributed by atoms with E-state index in [9.17, 15) is 26.0 Å². The molecule has 0 aliphatic carbocycles. The van der Waals surface area contributed by atoms with Crippen LogP contribution in [0.5, 0.6) is 0 Å². The van der Waals surface area contributed by atoms with Crippen LogP contribution in [0.3, 0.4) is 0 Å². The third-order valence-electron chi connectivity index (χ3n) is 3.14. The van der Waals surface area contributed by atoms with E-state index in [1.807, 2.05) is 0 Å². The van der Waals surface area contributed by atoms with Crippen LogP contribution >= 0.6 is 0 Å². The molecule has 2 rings (SSSR count). The maximum absolute atomic E-state index is 13.6. The SMILES string of the molecule is O=S([O-])NCc1ccccc1CNS(=O)(=O)c1c(F)cccc1F. The Morgan fingerprint density at radius 1 is 0.958 bits per heavy atom. The van der Waals surface area contributed by atoms with Crippen LogP contribution in [0.2, 0.25) is 0 Å². The zero-order chi connectivity index (χ0) is 17.7. The molecule has 0 heterocycles. The van der Waals surface area contributed by atoms with Crippen molar-refractivity contribution in [1.82, 2.24) is 9.44 Å². The molecule has 0 aliphatic rings. The van der Waals surface area contributed by atoms with E-state index >= 15 is 0 Å². The lowest BCUT2D eigenvalue weighted by molar-refractivity contribution is 0.513. The van der Waals surface area contributed by atoms with Gasteiger partial charge in [-0.2, -0.15) is 0 Å². The molecule has 0 bridgehead atoms. The summed E-state index contributed by atoms with van der Waals surface area (Å²) in [5, 5.41) is 0. The van der Waals surface area contributed by atoms with Gasteiger partial charge in [-0.1, -0.05) is 30.3 Å². The molecule has 2 N–H and O–H groups in total. The number of halogens is 2. The monoisotopic (exact) mass is 375 g/mol. The highest BCUT2D eigenvalue weighted by Gasteiger charge is 2.23. The lowest BCUT2D eigenvalue weighted by atomic mass is 10.1. The maximum atomic E-state index is 13.6. The minimum Gasteiger partial charge on any atom is -0.760 e. The predicted molar refractivity (Wildman–Crippen MR) is 82.6 cm³/mol. The van der Waals surface area contributed by atoms with Crippen molar-refractivity contribution in [3.05, 3.63) is 65.2 Å². The van der Waals surface area contributed by atoms with Gasteiger partial charge in [0.25, 0.3) is 0 Å². The highest BCUT2D eigenvalue weighted by atomic mass is 32.2. The standard InChI is InChI=1S/C14H14F2N2O4S2/c15-12-6-3-7-13(16)14(12)24(21,22)18-9-11-5-2-1-4-10(11)8-17-23(19)20/h1-7,17-18H,8-9H2,(H,19,20)/p-1. The molecule has 130 valence electrons. The van der Waals surface area contributed by atoms with Gasteiger partial charge in [0.15, 0.2) is 4.90 Å². The Hall–Kier alpha value is -1.72. The fourth-order valence-electron chi connectivity index (χ4n) is 2.02. The van der Waals surface area contributed by atoms with Crippen molar-refractivity contribution in [2.24, 2.45) is 0 Å². The summed E-state index contributed by atoms with van der Waals surface area (Å²) in [6, 6.07) is 9.22. The van der Waals surface area contributed by atoms with E-state index < -0.39 is 37.8 Å². The Labute approximate surface area is 140 Å². The number of hydrogen-bond acceptors (Lipinski definition) is 4. The predicted octanol–water partition coefficient (Wildman–Crippen LogP) is 1.33. The van der Waals surface area contributed by atoms with Gasteiger partial charge in [0.05, 0.1) is 0 Å². The molecule has 2 aromatic rings. The van der Waals surface area contributed by atoms with Gasteiger partial charge in [-0.05, 0) is 23.3 Å². The fourth-order valence-corrected chi connectivity index (χ4v) is 3.44. The molecular formula is C14H13F2N2O4S2-. The molecule has 0 amide bonds. The van der Waals surface area contributed by atoms with Crippen LogP contribution in [-0.4, -0.2) is 17.2 Å². The van der Waals surface area contributed by atoms with Crippen molar-refractivity contribution >= 4 is 21.3 Å². The van der Waals surface area contributed by atoms with Crippen molar-refractivity contribution < 1.29 is 26.0 Å². The van der Waals surface area contributed by atoms with E-state index in [2.05, 4.69) is 9.44 Å². The molecule has 10 heteroatoms. The highest BCUT2D eigenvalue weighted by Crippen LogP contribution is 2.19. The first-order valence-electron chi connectivity index (χ1n) is 6.64. The minimum absolute atomic E-state index is 0.0396. The fraction of sp³-hybridized carbons (Fsp3) is 0.143. The first-order valence-corrected chi connectivity index (χ1v) is 9.20. The molecule has 0 fully saturated rings. The molecule has 0 aliphatic heterocycles. The van der Waals surface area contributed by atoms with Crippen LogP contribution < -0.4 is 9.44 Å². The molecule has 24 heavy (non-hydrogen) atoms. The molecule has 1 atom stereocenters. The number of hydrogen-bond donors (Lipinski definition) is 2. The lowest BCUT2D eigenvalue weighted by Gasteiger charge is -2.13. The van der Waals surface area contributed by atoms with Gasteiger partial charge in [-0.25, -0.2) is 26.6 Å². The van der Waals surface area contributed by atoms with Gasteiger partial charge in [0, 0.05) is 24.4 Å². The first kappa shape index (κ1) is 18.6. The Morgan fingerprint density at radius 3 is 2.04 bits per heavy atom. The summed E-state index contributed by atoms with van der Waals surface area (Å²) in [5.74, 6) is -2.39. The molecule has 1 unspecified atom stereocenters. The van der Waals surface area contributed by atoms with Crippen LogP contribution in [0.15, 0.2) is 47.4 Å². The number of rotatable bonds is 7. The minimum atomic E-state index is -4.41. The quantitative estimate of drug-likeness (QED) is 0.713. The van der Waals surface area contributed by atoms with Crippen LogP contribution in [0.4, 0.5) is 8.78 Å². The molecule has 6 nitrogen and oxygen atoms in total. The molecule has 0 saturated carbocycles. The first-order chi connectivity index (χ1) is 11.3. The summed E-state index contributed by atoms with van der Waals surface area (Å²) < 4.78 is 76.9. The van der Waals surface area contributed by atoms with E-state index in [-0.39, 0.29) is 13.1 Å². The topological polar surface area (TPSA) is 98.3 Å². The Morgan fingerprint density at radius 2 is 1.50 bits per heavy atom. The van der Waals surface area contributed by atoms with Crippen molar-refractivity contribution in [2.75, 3.05) is 0 Å². The van der Waals surface area contributed by atoms with Gasteiger partial charge in [-0.3, -0.25) is 4.21 Å². The Kier molecular flexibility index (Phi) is 6.13. The van der Waals surface area contributed by atoms with Crippen molar-refractivity contribution in [1.29, 1.82) is 0 Å². The third kappa shape index (κ3) is 4.65. The highest BCUT2D eigenvalue weighted by molar-refractivity contribution is 7.89. The zero-order valence-corrected chi connectivity index (χ0v) is 13.8. The second-order valence-electron chi connectivity index (χ2n) is 4.70. The van der Waals surface area contributed by atoms with E-state index in [0.29, 0.717) is 11.1 Å². The summed E-state index contributed by atoms with van der Waals surface area (Å²) in [6.45, 7) is -0.290. The second-order valence-corrected chi connectivity index (χ2v) is 7.16. The second kappa shape index (κ2) is 7.90. The van der Waals surface area contributed by atoms with E-state index in [1.165, 1.54) is 0 Å². The van der Waals surface area contributed by atoms with Crippen LogP contribution in [0.1, 0.15) is 11.1 Å². The van der Waals surface area contributed by atoms with Gasteiger partial charge in [0.1, 0.15) is 11.6 Å². The molecule has 0 radical (unpaired) electrons. The molecule has 0 aromatic heterocycles. The third-order valence-corrected chi connectivity index (χ3v) is 4.97. The van der Waals surface area contributed by atoms with Crippen molar-refractivity contribution in [3.63, 3.8) is 0 Å². The average Bonchev–Trinajstić information content (AvgIpc) is 2.51. The molecule has 2 aromatic carbocycles. The molecule has 0 spiro atoms. The summed E-state index contributed by atoms with van der Waals surface area (Å²) in [6.07, 6.45) is 0. The normalized spacial score (nSPS) is 13.0. The van der Waals surface area contributed by atoms with Crippen molar-refractivity contribution in [2.45, 2.75) is 18.0 Å². The smallest absolute Gasteiger partial charge is 0.246 e. The average molecular weight is 375 g/mol. The summed E-state index contributed by atoms with van der Waals surface area (Å²) >= 11 is -2.47. The summed E-state index contributed by atoms with van der Waals surface area (Å²) in [4.78, 5) is -1.05. The van der Waals surface area contributed by atoms with Gasteiger partial charge < -0.3 is 4.55 Å².